The number of hydrogen-bond donors (Lipinski definition) is 1. The van der Waals surface area contributed by atoms with Crippen molar-refractivity contribution in [1.29, 1.82) is 0 Å². The van der Waals surface area contributed by atoms with E-state index in [9.17, 15) is 14.9 Å². The molecule has 4 rings (SSSR count). The molecule has 36 heavy (non-hydrogen) atoms. The topological polar surface area (TPSA) is 125 Å². The van der Waals surface area contributed by atoms with Gasteiger partial charge in [0, 0.05) is 23.6 Å². The fourth-order valence-corrected chi connectivity index (χ4v) is 5.99. The van der Waals surface area contributed by atoms with Gasteiger partial charge in [-0.15, -0.1) is 23.5 Å². The van der Waals surface area contributed by atoms with Crippen LogP contribution >= 0.6 is 23.5 Å². The Morgan fingerprint density at radius 1 is 1.17 bits per heavy atom. The van der Waals surface area contributed by atoms with Gasteiger partial charge in [0.05, 0.1) is 22.8 Å². The largest absolute Gasteiger partial charge is 0.493 e. The van der Waals surface area contributed by atoms with Crippen LogP contribution < -0.4 is 19.6 Å². The molecule has 0 aliphatic carbocycles. The van der Waals surface area contributed by atoms with Gasteiger partial charge in [-0.1, -0.05) is 12.1 Å². The fourth-order valence-electron chi connectivity index (χ4n) is 3.13. The van der Waals surface area contributed by atoms with Crippen molar-refractivity contribution in [3.05, 3.63) is 82.0 Å². The van der Waals surface area contributed by atoms with Crippen molar-refractivity contribution in [2.45, 2.75) is 4.58 Å². The number of ether oxygens (including phenoxy) is 3. The molecule has 1 saturated heterocycles. The second-order valence-corrected chi connectivity index (χ2v) is 10.1. The fraction of sp³-hybridized carbons (Fsp3) is 0.208. The molecule has 0 saturated carbocycles. The molecule has 10 nitrogen and oxygen atoms in total. The molecule has 0 spiro atoms. The molecule has 2 aromatic carbocycles. The van der Waals surface area contributed by atoms with Crippen molar-refractivity contribution in [2.24, 2.45) is 5.10 Å². The third kappa shape index (κ3) is 6.89. The van der Waals surface area contributed by atoms with Crippen molar-refractivity contribution in [2.75, 3.05) is 25.2 Å². The Morgan fingerprint density at radius 3 is 2.61 bits per heavy atom. The first-order valence-corrected chi connectivity index (χ1v) is 12.9. The Balaban J connectivity index is 1.27. The van der Waals surface area contributed by atoms with Crippen molar-refractivity contribution in [1.82, 2.24) is 10.4 Å². The summed E-state index contributed by atoms with van der Waals surface area (Å²) >= 11 is 3.87. The normalized spacial score (nSPS) is 13.5. The van der Waals surface area contributed by atoms with E-state index in [2.05, 4.69) is 15.5 Å². The highest BCUT2D eigenvalue weighted by molar-refractivity contribution is 8.19. The summed E-state index contributed by atoms with van der Waals surface area (Å²) < 4.78 is 17.0. The van der Waals surface area contributed by atoms with Crippen LogP contribution in [-0.2, 0) is 4.79 Å². The van der Waals surface area contributed by atoms with Gasteiger partial charge < -0.3 is 14.2 Å². The van der Waals surface area contributed by atoms with Crippen LogP contribution in [0.5, 0.6) is 23.1 Å². The monoisotopic (exact) mass is 526 g/mol. The minimum Gasteiger partial charge on any atom is -0.493 e. The average molecular weight is 527 g/mol. The van der Waals surface area contributed by atoms with Gasteiger partial charge in [-0.3, -0.25) is 14.9 Å². The van der Waals surface area contributed by atoms with Gasteiger partial charge >= 0.3 is 0 Å². The molecule has 1 aromatic heterocycles. The molecular formula is C24H22N4O6S2. The molecule has 1 aliphatic rings. The highest BCUT2D eigenvalue weighted by Crippen LogP contribution is 2.45. The van der Waals surface area contributed by atoms with E-state index in [1.807, 2.05) is 47.8 Å². The molecule has 3 aromatic rings. The molecule has 1 fully saturated rings. The second-order valence-electron chi connectivity index (χ2n) is 7.35. The number of carbonyl (C=O) groups excluding carboxylic acids is 1. The minimum atomic E-state index is -0.539. The second kappa shape index (κ2) is 12.3. The molecule has 186 valence electrons. The summed E-state index contributed by atoms with van der Waals surface area (Å²) in [5.41, 5.74) is 4.19. The first kappa shape index (κ1) is 25.3. The lowest BCUT2D eigenvalue weighted by Crippen LogP contribution is -2.24. The lowest BCUT2D eigenvalue weighted by molar-refractivity contribution is -0.385. The third-order valence-electron chi connectivity index (χ3n) is 4.88. The Kier molecular flexibility index (Phi) is 8.63. The van der Waals surface area contributed by atoms with Gasteiger partial charge in [0.1, 0.15) is 11.9 Å². The Hall–Kier alpha value is -3.77. The number of benzene rings is 2. The van der Waals surface area contributed by atoms with Crippen molar-refractivity contribution in [3.8, 4) is 23.1 Å². The number of pyridine rings is 1. The van der Waals surface area contributed by atoms with E-state index in [1.54, 1.807) is 18.2 Å². The van der Waals surface area contributed by atoms with Crippen LogP contribution in [0.3, 0.4) is 0 Å². The standard InChI is InChI=1S/C24H22N4O6S2/c1-32-21-12-16(2-8-20(21)34-23-9-5-18(14-25-23)28(30)31)13-26-27-22(29)15-33-19-6-3-17(4-7-19)24-35-10-11-36-24/h2-9,12-14,24H,10-11,15H2,1H3,(H,27,29)/b26-13-. The van der Waals surface area contributed by atoms with Crippen molar-refractivity contribution >= 4 is 41.3 Å². The van der Waals surface area contributed by atoms with Crippen LogP contribution in [-0.4, -0.2) is 47.3 Å². The molecule has 12 heteroatoms. The van der Waals surface area contributed by atoms with Gasteiger partial charge in [-0.2, -0.15) is 5.10 Å². The van der Waals surface area contributed by atoms with E-state index in [0.717, 1.165) is 6.20 Å². The summed E-state index contributed by atoms with van der Waals surface area (Å²) in [4.78, 5) is 26.2. The highest BCUT2D eigenvalue weighted by atomic mass is 32.2. The number of nitro groups is 1. The van der Waals surface area contributed by atoms with Crippen LogP contribution in [0.4, 0.5) is 5.69 Å². The maximum absolute atomic E-state index is 12.1. The number of aromatic nitrogens is 1. The van der Waals surface area contributed by atoms with E-state index in [-0.39, 0.29) is 18.2 Å². The summed E-state index contributed by atoms with van der Waals surface area (Å²) in [6.07, 6.45) is 2.57. The predicted octanol–water partition coefficient (Wildman–Crippen LogP) is 4.80. The molecule has 1 aliphatic heterocycles. The summed E-state index contributed by atoms with van der Waals surface area (Å²) in [7, 11) is 1.48. The molecule has 0 unspecified atom stereocenters. The lowest BCUT2D eigenvalue weighted by atomic mass is 10.2. The SMILES string of the molecule is COc1cc(/C=N\NC(=O)COc2ccc(C3SCCS3)cc2)ccc1Oc1ccc([N+](=O)[O-])cn1. The molecule has 0 bridgehead atoms. The zero-order valence-corrected chi connectivity index (χ0v) is 20.8. The van der Waals surface area contributed by atoms with Crippen LogP contribution in [0.2, 0.25) is 0 Å². The van der Waals surface area contributed by atoms with Crippen LogP contribution in [0.1, 0.15) is 15.7 Å². The zero-order chi connectivity index (χ0) is 25.3. The molecule has 2 heterocycles. The number of methoxy groups -OCH3 is 1. The smallest absolute Gasteiger partial charge is 0.287 e. The van der Waals surface area contributed by atoms with Gasteiger partial charge in [0.2, 0.25) is 5.88 Å². The van der Waals surface area contributed by atoms with Gasteiger partial charge in [-0.05, 0) is 41.5 Å². The molecule has 0 atom stereocenters. The van der Waals surface area contributed by atoms with Gasteiger partial charge in [-0.25, -0.2) is 10.4 Å². The van der Waals surface area contributed by atoms with Crippen molar-refractivity contribution in [3.63, 3.8) is 0 Å². The van der Waals surface area contributed by atoms with E-state index in [0.29, 0.717) is 27.4 Å². The quantitative estimate of drug-likeness (QED) is 0.225. The summed E-state index contributed by atoms with van der Waals surface area (Å²) in [5, 5.41) is 14.7. The number of hydrazone groups is 1. The number of hydrogen-bond acceptors (Lipinski definition) is 10. The first-order chi connectivity index (χ1) is 17.5. The Labute approximate surface area is 215 Å². The van der Waals surface area contributed by atoms with Crippen molar-refractivity contribution < 1.29 is 23.9 Å². The summed E-state index contributed by atoms with van der Waals surface area (Å²) in [5.74, 6) is 3.49. The number of rotatable bonds is 10. The lowest BCUT2D eigenvalue weighted by Gasteiger charge is -2.10. The van der Waals surface area contributed by atoms with Crippen LogP contribution in [0, 0.1) is 10.1 Å². The average Bonchev–Trinajstić information content (AvgIpc) is 3.44. The minimum absolute atomic E-state index is 0.135. The number of nitrogens with zero attached hydrogens (tertiary/aromatic N) is 3. The van der Waals surface area contributed by atoms with E-state index < -0.39 is 10.8 Å². The maximum Gasteiger partial charge on any atom is 0.287 e. The maximum atomic E-state index is 12.1. The third-order valence-corrected chi connectivity index (χ3v) is 7.99. The zero-order valence-electron chi connectivity index (χ0n) is 19.2. The molecule has 1 amide bonds. The summed E-state index contributed by atoms with van der Waals surface area (Å²) in [6.45, 7) is -0.165. The Bertz CT molecular complexity index is 1230. The van der Waals surface area contributed by atoms with E-state index >= 15 is 0 Å². The number of nitrogens with one attached hydrogen (secondary N) is 1. The van der Waals surface area contributed by atoms with Gasteiger partial charge in [0.25, 0.3) is 11.6 Å². The predicted molar refractivity (Wildman–Crippen MR) is 139 cm³/mol. The summed E-state index contributed by atoms with van der Waals surface area (Å²) in [6, 6.07) is 15.5. The van der Waals surface area contributed by atoms with Crippen LogP contribution in [0.25, 0.3) is 0 Å². The van der Waals surface area contributed by atoms with E-state index in [1.165, 1.54) is 42.5 Å². The number of thioether (sulfide) groups is 2. The van der Waals surface area contributed by atoms with Crippen LogP contribution in [0.15, 0.2) is 65.9 Å². The van der Waals surface area contributed by atoms with Gasteiger partial charge in [0.15, 0.2) is 18.1 Å². The molecule has 1 N–H and O–H groups in total. The molecular weight excluding hydrogens is 504 g/mol. The highest BCUT2D eigenvalue weighted by Gasteiger charge is 2.18. The number of carbonyl (C=O) groups is 1. The molecule has 0 radical (unpaired) electrons. The van der Waals surface area contributed by atoms with E-state index in [4.69, 9.17) is 14.2 Å². The Morgan fingerprint density at radius 2 is 1.94 bits per heavy atom. The first-order valence-electron chi connectivity index (χ1n) is 10.8. The number of amides is 1.